The molecule has 0 radical (unpaired) electrons. The molecule has 0 aliphatic carbocycles. The first-order valence-electron chi connectivity index (χ1n) is 9.53. The normalized spacial score (nSPS) is 15.5. The van der Waals surface area contributed by atoms with E-state index in [4.69, 9.17) is 11.6 Å². The number of nitrogens with zero attached hydrogens (tertiary/aromatic N) is 1. The molecule has 0 saturated carbocycles. The fourth-order valence-corrected chi connectivity index (χ4v) is 3.85. The number of carbonyl (C=O) groups excluding carboxylic acids is 2. The van der Waals surface area contributed by atoms with Crippen LogP contribution in [0.1, 0.15) is 27.0 Å². The topological polar surface area (TPSA) is 49.4 Å². The molecule has 146 valence electrons. The van der Waals surface area contributed by atoms with E-state index >= 15 is 0 Å². The molecule has 0 fully saturated rings. The van der Waals surface area contributed by atoms with Crippen molar-refractivity contribution in [1.29, 1.82) is 0 Å². The van der Waals surface area contributed by atoms with Crippen LogP contribution in [0.25, 0.3) is 0 Å². The minimum Gasteiger partial charge on any atom is -0.324 e. The van der Waals surface area contributed by atoms with Crippen LogP contribution in [0.5, 0.6) is 0 Å². The fourth-order valence-electron chi connectivity index (χ4n) is 3.68. The Morgan fingerprint density at radius 3 is 2.38 bits per heavy atom. The van der Waals surface area contributed by atoms with E-state index in [2.05, 4.69) is 5.32 Å². The fraction of sp³-hybridized carbons (Fsp3) is 0.167. The summed E-state index contributed by atoms with van der Waals surface area (Å²) in [7, 11) is 0. The van der Waals surface area contributed by atoms with Crippen molar-refractivity contribution in [2.75, 3.05) is 5.32 Å². The largest absolute Gasteiger partial charge is 0.324 e. The molecule has 1 aliphatic heterocycles. The molecule has 0 aromatic heterocycles. The number of benzene rings is 3. The monoisotopic (exact) mass is 404 g/mol. The minimum atomic E-state index is -0.601. The van der Waals surface area contributed by atoms with Gasteiger partial charge in [-0.3, -0.25) is 9.59 Å². The molecular formula is C24H21ClN2O2. The molecule has 1 N–H and O–H groups in total. The number of rotatable bonds is 3. The highest BCUT2D eigenvalue weighted by molar-refractivity contribution is 6.31. The Balaban J connectivity index is 1.67. The highest BCUT2D eigenvalue weighted by atomic mass is 35.5. The van der Waals surface area contributed by atoms with Gasteiger partial charge in [-0.1, -0.05) is 60.1 Å². The SMILES string of the molecule is Cc1c(Cl)cccc1NC(=O)[C@H]1Cc2ccccc2CN1C(=O)c1ccccc1. The predicted molar refractivity (Wildman–Crippen MR) is 115 cm³/mol. The molecule has 4 nitrogen and oxygen atoms in total. The van der Waals surface area contributed by atoms with Crippen LogP contribution in [0.4, 0.5) is 5.69 Å². The highest BCUT2D eigenvalue weighted by Gasteiger charge is 2.35. The van der Waals surface area contributed by atoms with Gasteiger partial charge in [0.2, 0.25) is 5.91 Å². The smallest absolute Gasteiger partial charge is 0.254 e. The van der Waals surface area contributed by atoms with Crippen molar-refractivity contribution < 1.29 is 9.59 Å². The first-order chi connectivity index (χ1) is 14.0. The summed E-state index contributed by atoms with van der Waals surface area (Å²) in [5.41, 5.74) is 4.20. The number of hydrogen-bond donors (Lipinski definition) is 1. The van der Waals surface area contributed by atoms with Crippen LogP contribution < -0.4 is 5.32 Å². The summed E-state index contributed by atoms with van der Waals surface area (Å²) < 4.78 is 0. The van der Waals surface area contributed by atoms with E-state index in [0.29, 0.717) is 29.2 Å². The summed E-state index contributed by atoms with van der Waals surface area (Å²) >= 11 is 6.19. The first kappa shape index (κ1) is 19.2. The van der Waals surface area contributed by atoms with Crippen LogP contribution in [0, 0.1) is 6.92 Å². The molecule has 0 unspecified atom stereocenters. The maximum atomic E-state index is 13.2. The van der Waals surface area contributed by atoms with Gasteiger partial charge in [0.1, 0.15) is 6.04 Å². The van der Waals surface area contributed by atoms with Crippen molar-refractivity contribution in [2.45, 2.75) is 25.9 Å². The van der Waals surface area contributed by atoms with Crippen molar-refractivity contribution >= 4 is 29.1 Å². The first-order valence-corrected chi connectivity index (χ1v) is 9.91. The van der Waals surface area contributed by atoms with E-state index in [1.165, 1.54) is 0 Å². The lowest BCUT2D eigenvalue weighted by atomic mass is 9.92. The van der Waals surface area contributed by atoms with Crippen molar-refractivity contribution in [3.8, 4) is 0 Å². The summed E-state index contributed by atoms with van der Waals surface area (Å²) in [4.78, 5) is 28.1. The van der Waals surface area contributed by atoms with Gasteiger partial charge in [0.15, 0.2) is 0 Å². The number of fused-ring (bicyclic) bond motifs is 1. The van der Waals surface area contributed by atoms with E-state index < -0.39 is 6.04 Å². The molecule has 5 heteroatoms. The molecular weight excluding hydrogens is 384 g/mol. The Kier molecular flexibility index (Phi) is 5.36. The maximum absolute atomic E-state index is 13.2. The lowest BCUT2D eigenvalue weighted by Crippen LogP contribution is -2.50. The molecule has 29 heavy (non-hydrogen) atoms. The second-order valence-corrected chi connectivity index (χ2v) is 7.60. The third-order valence-corrected chi connectivity index (χ3v) is 5.77. The van der Waals surface area contributed by atoms with Gasteiger partial charge in [-0.05, 0) is 47.9 Å². The molecule has 0 spiro atoms. The van der Waals surface area contributed by atoms with Crippen molar-refractivity contribution in [3.63, 3.8) is 0 Å². The Morgan fingerprint density at radius 1 is 0.931 bits per heavy atom. The molecule has 2 amide bonds. The number of halogens is 1. The van der Waals surface area contributed by atoms with Crippen LogP contribution >= 0.6 is 11.6 Å². The third-order valence-electron chi connectivity index (χ3n) is 5.36. The number of nitrogens with one attached hydrogen (secondary N) is 1. The van der Waals surface area contributed by atoms with Gasteiger partial charge >= 0.3 is 0 Å². The average molecular weight is 405 g/mol. The van der Waals surface area contributed by atoms with Crippen LogP contribution in [-0.2, 0) is 17.8 Å². The van der Waals surface area contributed by atoms with Crippen LogP contribution in [0.2, 0.25) is 5.02 Å². The van der Waals surface area contributed by atoms with Crippen LogP contribution in [0.15, 0.2) is 72.8 Å². The number of amides is 2. The van der Waals surface area contributed by atoms with Gasteiger partial charge in [-0.2, -0.15) is 0 Å². The summed E-state index contributed by atoms with van der Waals surface area (Å²) in [6, 6.07) is 21.8. The lowest BCUT2D eigenvalue weighted by Gasteiger charge is -2.36. The summed E-state index contributed by atoms with van der Waals surface area (Å²) in [6.07, 6.45) is 0.472. The zero-order chi connectivity index (χ0) is 20.4. The lowest BCUT2D eigenvalue weighted by molar-refractivity contribution is -0.121. The molecule has 4 rings (SSSR count). The second kappa shape index (κ2) is 8.10. The summed E-state index contributed by atoms with van der Waals surface area (Å²) in [6.45, 7) is 2.26. The molecule has 1 atom stereocenters. The predicted octanol–water partition coefficient (Wildman–Crippen LogP) is 4.85. The quantitative estimate of drug-likeness (QED) is 0.678. The Labute approximate surface area is 175 Å². The highest BCUT2D eigenvalue weighted by Crippen LogP contribution is 2.28. The van der Waals surface area contributed by atoms with Gasteiger partial charge < -0.3 is 10.2 Å². The van der Waals surface area contributed by atoms with Gasteiger partial charge in [-0.25, -0.2) is 0 Å². The molecule has 3 aromatic carbocycles. The maximum Gasteiger partial charge on any atom is 0.254 e. The zero-order valence-electron chi connectivity index (χ0n) is 16.1. The van der Waals surface area contributed by atoms with Gasteiger partial charge in [-0.15, -0.1) is 0 Å². The van der Waals surface area contributed by atoms with Crippen molar-refractivity contribution in [2.24, 2.45) is 0 Å². The Bertz CT molecular complexity index is 1070. The summed E-state index contributed by atoms with van der Waals surface area (Å²) in [5.74, 6) is -0.364. The Morgan fingerprint density at radius 2 is 1.62 bits per heavy atom. The van der Waals surface area contributed by atoms with E-state index in [9.17, 15) is 9.59 Å². The van der Waals surface area contributed by atoms with E-state index in [1.807, 2.05) is 55.5 Å². The van der Waals surface area contributed by atoms with Crippen molar-refractivity contribution in [1.82, 2.24) is 4.90 Å². The zero-order valence-corrected chi connectivity index (χ0v) is 16.8. The van der Waals surface area contributed by atoms with Crippen molar-refractivity contribution in [3.05, 3.63) is 100 Å². The van der Waals surface area contributed by atoms with E-state index in [0.717, 1.165) is 16.7 Å². The van der Waals surface area contributed by atoms with E-state index in [1.54, 1.807) is 29.2 Å². The van der Waals surface area contributed by atoms with Crippen LogP contribution in [-0.4, -0.2) is 22.8 Å². The number of carbonyl (C=O) groups is 2. The van der Waals surface area contributed by atoms with Crippen LogP contribution in [0.3, 0.4) is 0 Å². The van der Waals surface area contributed by atoms with Gasteiger partial charge in [0, 0.05) is 29.2 Å². The average Bonchev–Trinajstić information content (AvgIpc) is 2.76. The van der Waals surface area contributed by atoms with E-state index in [-0.39, 0.29) is 11.8 Å². The molecule has 3 aromatic rings. The van der Waals surface area contributed by atoms with Gasteiger partial charge in [0.05, 0.1) is 0 Å². The Hall–Kier alpha value is -3.11. The minimum absolute atomic E-state index is 0.150. The third kappa shape index (κ3) is 3.89. The van der Waals surface area contributed by atoms with Gasteiger partial charge in [0.25, 0.3) is 5.91 Å². The molecule has 1 heterocycles. The number of hydrogen-bond acceptors (Lipinski definition) is 2. The standard InChI is InChI=1S/C24H21ClN2O2/c1-16-20(25)12-7-13-21(16)26-23(28)22-14-18-10-5-6-11-19(18)15-27(22)24(29)17-8-3-2-4-9-17/h2-13,22H,14-15H2,1H3,(H,26,28)/t22-/m1/s1. The molecule has 0 bridgehead atoms. The second-order valence-electron chi connectivity index (χ2n) is 7.19. The molecule has 0 saturated heterocycles. The molecule has 1 aliphatic rings. The summed E-state index contributed by atoms with van der Waals surface area (Å²) in [5, 5.41) is 3.56. The number of anilines is 1.